The highest BCUT2D eigenvalue weighted by Gasteiger charge is 2.29. The lowest BCUT2D eigenvalue weighted by Gasteiger charge is -2.26. The molecule has 0 fully saturated rings. The van der Waals surface area contributed by atoms with Gasteiger partial charge in [-0.1, -0.05) is 12.1 Å². The van der Waals surface area contributed by atoms with E-state index in [0.717, 1.165) is 0 Å². The number of aromatic hydroxyl groups is 1. The number of methoxy groups -OCH3 is 2. The molecule has 4 heteroatoms. The van der Waals surface area contributed by atoms with Crippen LogP contribution in [0.15, 0.2) is 42.5 Å². The second-order valence-corrected chi connectivity index (χ2v) is 4.69. The number of ether oxygens (including phenoxy) is 2. The first kappa shape index (κ1) is 14.2. The fraction of sp³-hybridized carbons (Fsp3) is 0.250. The van der Waals surface area contributed by atoms with Crippen molar-refractivity contribution in [3.05, 3.63) is 53.6 Å². The molecule has 1 unspecified atom stereocenters. The van der Waals surface area contributed by atoms with Crippen molar-refractivity contribution in [3.63, 3.8) is 0 Å². The summed E-state index contributed by atoms with van der Waals surface area (Å²) in [5.41, 5.74) is -0.0940. The number of phenols is 1. The van der Waals surface area contributed by atoms with Gasteiger partial charge >= 0.3 is 0 Å². The molecule has 0 saturated heterocycles. The second kappa shape index (κ2) is 5.43. The molecule has 0 aliphatic heterocycles. The van der Waals surface area contributed by atoms with E-state index in [-0.39, 0.29) is 5.75 Å². The first-order valence-electron chi connectivity index (χ1n) is 6.23. The molecule has 2 rings (SSSR count). The summed E-state index contributed by atoms with van der Waals surface area (Å²) in [5, 5.41) is 20.4. The normalized spacial score (nSPS) is 13.6. The number of hydrogen-bond donors (Lipinski definition) is 2. The lowest BCUT2D eigenvalue weighted by molar-refractivity contribution is 0.0986. The van der Waals surface area contributed by atoms with Gasteiger partial charge in [-0.15, -0.1) is 0 Å². The molecule has 0 aromatic heterocycles. The van der Waals surface area contributed by atoms with Gasteiger partial charge in [0.2, 0.25) is 0 Å². The number of aliphatic hydroxyl groups is 1. The van der Waals surface area contributed by atoms with Crippen molar-refractivity contribution < 1.29 is 19.7 Å². The third kappa shape index (κ3) is 2.56. The molecule has 0 aliphatic carbocycles. The molecule has 4 nitrogen and oxygen atoms in total. The number of benzene rings is 2. The highest BCUT2D eigenvalue weighted by atomic mass is 16.5. The van der Waals surface area contributed by atoms with E-state index in [9.17, 15) is 10.2 Å². The van der Waals surface area contributed by atoms with Gasteiger partial charge in [-0.2, -0.15) is 0 Å². The molecule has 0 saturated carbocycles. The van der Waals surface area contributed by atoms with Crippen LogP contribution in [0.25, 0.3) is 0 Å². The van der Waals surface area contributed by atoms with E-state index in [1.165, 1.54) is 13.2 Å². The standard InChI is InChI=1S/C16H18O4/c1-16(18,11-5-4-6-12(17)9-11)14-8-7-13(19-2)10-15(14)20-3/h4-10,17-18H,1-3H3. The molecule has 0 aliphatic rings. The van der Waals surface area contributed by atoms with Crippen LogP contribution >= 0.6 is 0 Å². The third-order valence-corrected chi connectivity index (χ3v) is 3.34. The molecule has 0 spiro atoms. The van der Waals surface area contributed by atoms with E-state index in [1.807, 2.05) is 0 Å². The van der Waals surface area contributed by atoms with E-state index >= 15 is 0 Å². The number of hydrogen-bond acceptors (Lipinski definition) is 4. The quantitative estimate of drug-likeness (QED) is 0.900. The van der Waals surface area contributed by atoms with E-state index in [1.54, 1.807) is 50.4 Å². The highest BCUT2D eigenvalue weighted by molar-refractivity contribution is 5.48. The molecule has 106 valence electrons. The molecule has 0 heterocycles. The molecule has 2 N–H and O–H groups in total. The van der Waals surface area contributed by atoms with E-state index in [0.29, 0.717) is 22.6 Å². The van der Waals surface area contributed by atoms with Crippen molar-refractivity contribution >= 4 is 0 Å². The fourth-order valence-corrected chi connectivity index (χ4v) is 2.16. The first-order chi connectivity index (χ1) is 9.48. The van der Waals surface area contributed by atoms with Crippen LogP contribution in [0.1, 0.15) is 18.1 Å². The van der Waals surface area contributed by atoms with E-state index in [4.69, 9.17) is 9.47 Å². The predicted octanol–water partition coefficient (Wildman–Crippen LogP) is 2.67. The van der Waals surface area contributed by atoms with Gasteiger partial charge in [-0.25, -0.2) is 0 Å². The Labute approximate surface area is 118 Å². The summed E-state index contributed by atoms with van der Waals surface area (Å²) >= 11 is 0. The smallest absolute Gasteiger partial charge is 0.128 e. The third-order valence-electron chi connectivity index (χ3n) is 3.34. The van der Waals surface area contributed by atoms with Gasteiger partial charge in [-0.05, 0) is 36.8 Å². The van der Waals surface area contributed by atoms with Crippen LogP contribution < -0.4 is 9.47 Å². The maximum absolute atomic E-state index is 10.8. The summed E-state index contributed by atoms with van der Waals surface area (Å²) in [6, 6.07) is 11.8. The van der Waals surface area contributed by atoms with Gasteiger partial charge in [0.15, 0.2) is 0 Å². The Morgan fingerprint density at radius 2 is 1.75 bits per heavy atom. The predicted molar refractivity (Wildman–Crippen MR) is 76.3 cm³/mol. The van der Waals surface area contributed by atoms with E-state index in [2.05, 4.69) is 0 Å². The minimum atomic E-state index is -1.28. The summed E-state index contributed by atoms with van der Waals surface area (Å²) < 4.78 is 10.5. The van der Waals surface area contributed by atoms with Gasteiger partial charge in [0.05, 0.1) is 14.2 Å². The average molecular weight is 274 g/mol. The van der Waals surface area contributed by atoms with Gasteiger partial charge in [-0.3, -0.25) is 0 Å². The second-order valence-electron chi connectivity index (χ2n) is 4.69. The Hall–Kier alpha value is -2.20. The molecule has 0 amide bonds. The Morgan fingerprint density at radius 3 is 2.35 bits per heavy atom. The SMILES string of the molecule is COc1ccc(C(C)(O)c2cccc(O)c2)c(OC)c1. The van der Waals surface area contributed by atoms with Crippen molar-refractivity contribution in [2.75, 3.05) is 14.2 Å². The summed E-state index contributed by atoms with van der Waals surface area (Å²) in [5.74, 6) is 1.28. The largest absolute Gasteiger partial charge is 0.508 e. The minimum Gasteiger partial charge on any atom is -0.508 e. The molecule has 1 atom stereocenters. The fourth-order valence-electron chi connectivity index (χ4n) is 2.16. The first-order valence-corrected chi connectivity index (χ1v) is 6.23. The minimum absolute atomic E-state index is 0.107. The molecule has 20 heavy (non-hydrogen) atoms. The van der Waals surface area contributed by atoms with Crippen LogP contribution in [0.2, 0.25) is 0 Å². The van der Waals surface area contributed by atoms with Crippen LogP contribution in [0.5, 0.6) is 17.2 Å². The molecular formula is C16H18O4. The zero-order valence-corrected chi connectivity index (χ0v) is 11.8. The van der Waals surface area contributed by atoms with Crippen molar-refractivity contribution in [2.24, 2.45) is 0 Å². The van der Waals surface area contributed by atoms with Crippen molar-refractivity contribution in [1.29, 1.82) is 0 Å². The Bertz CT molecular complexity index is 605. The average Bonchev–Trinajstić information content (AvgIpc) is 2.46. The van der Waals surface area contributed by atoms with Gasteiger partial charge in [0, 0.05) is 11.6 Å². The van der Waals surface area contributed by atoms with Crippen LogP contribution in [-0.2, 0) is 5.60 Å². The van der Waals surface area contributed by atoms with Crippen LogP contribution in [0, 0.1) is 0 Å². The highest BCUT2D eigenvalue weighted by Crippen LogP contribution is 2.38. The zero-order chi connectivity index (χ0) is 14.8. The summed E-state index contributed by atoms with van der Waals surface area (Å²) in [4.78, 5) is 0. The van der Waals surface area contributed by atoms with Gasteiger partial charge in [0.25, 0.3) is 0 Å². The van der Waals surface area contributed by atoms with E-state index < -0.39 is 5.60 Å². The number of rotatable bonds is 4. The Kier molecular flexibility index (Phi) is 3.86. The number of phenolic OH excluding ortho intramolecular Hbond substituents is 1. The Morgan fingerprint density at radius 1 is 1.00 bits per heavy atom. The molecule has 2 aromatic rings. The van der Waals surface area contributed by atoms with Crippen LogP contribution in [0.4, 0.5) is 0 Å². The summed E-state index contributed by atoms with van der Waals surface area (Å²) in [7, 11) is 3.11. The zero-order valence-electron chi connectivity index (χ0n) is 11.8. The summed E-state index contributed by atoms with van der Waals surface area (Å²) in [6.45, 7) is 1.66. The topological polar surface area (TPSA) is 58.9 Å². The molecule has 2 aromatic carbocycles. The molecule has 0 bridgehead atoms. The maximum Gasteiger partial charge on any atom is 0.128 e. The Balaban J connectivity index is 2.53. The lowest BCUT2D eigenvalue weighted by Crippen LogP contribution is -2.23. The van der Waals surface area contributed by atoms with Crippen molar-refractivity contribution in [1.82, 2.24) is 0 Å². The van der Waals surface area contributed by atoms with Crippen LogP contribution in [-0.4, -0.2) is 24.4 Å². The van der Waals surface area contributed by atoms with Crippen molar-refractivity contribution in [3.8, 4) is 17.2 Å². The monoisotopic (exact) mass is 274 g/mol. The molecule has 0 radical (unpaired) electrons. The van der Waals surface area contributed by atoms with Gasteiger partial charge in [0.1, 0.15) is 22.8 Å². The summed E-state index contributed by atoms with van der Waals surface area (Å²) in [6.07, 6.45) is 0. The van der Waals surface area contributed by atoms with Crippen molar-refractivity contribution in [2.45, 2.75) is 12.5 Å². The van der Waals surface area contributed by atoms with Gasteiger partial charge < -0.3 is 19.7 Å². The maximum atomic E-state index is 10.8. The van der Waals surface area contributed by atoms with Crippen LogP contribution in [0.3, 0.4) is 0 Å². The lowest BCUT2D eigenvalue weighted by atomic mass is 9.87. The molecular weight excluding hydrogens is 256 g/mol.